The maximum absolute atomic E-state index is 12.5. The molecular weight excluding hydrogens is 312 g/mol. The molecule has 0 fully saturated rings. The number of carbonyl (C=O) groups is 2. The summed E-state index contributed by atoms with van der Waals surface area (Å²) in [6, 6.07) is 4.32. The number of para-hydroxylation sites is 1. The Hall–Kier alpha value is -2.70. The average molecular weight is 334 g/mol. The van der Waals surface area contributed by atoms with Gasteiger partial charge in [-0.05, 0) is 19.9 Å². The summed E-state index contributed by atoms with van der Waals surface area (Å²) >= 11 is 0. The normalized spacial score (nSPS) is 17.5. The van der Waals surface area contributed by atoms with Crippen molar-refractivity contribution in [1.82, 2.24) is 10.2 Å². The van der Waals surface area contributed by atoms with Crippen LogP contribution in [0.1, 0.15) is 25.5 Å². The lowest BCUT2D eigenvalue weighted by Crippen LogP contribution is -2.46. The molecule has 24 heavy (non-hydrogen) atoms. The SMILES string of the molecule is CCOC(=O)C1=C(C)N(C)C(=O)NC1c1cccc(OC)c1OC. The Bertz CT molecular complexity index is 684. The number of benzene rings is 1. The second kappa shape index (κ2) is 7.25. The van der Waals surface area contributed by atoms with Crippen molar-refractivity contribution < 1.29 is 23.8 Å². The van der Waals surface area contributed by atoms with Crippen molar-refractivity contribution in [1.29, 1.82) is 0 Å². The van der Waals surface area contributed by atoms with Crippen molar-refractivity contribution in [2.45, 2.75) is 19.9 Å². The van der Waals surface area contributed by atoms with Crippen molar-refractivity contribution in [2.24, 2.45) is 0 Å². The Morgan fingerprint density at radius 2 is 2.00 bits per heavy atom. The van der Waals surface area contributed by atoms with E-state index < -0.39 is 12.0 Å². The Kier molecular flexibility index (Phi) is 5.33. The van der Waals surface area contributed by atoms with E-state index in [0.717, 1.165) is 0 Å². The van der Waals surface area contributed by atoms with Gasteiger partial charge >= 0.3 is 12.0 Å². The molecule has 130 valence electrons. The molecule has 0 radical (unpaired) electrons. The zero-order valence-electron chi connectivity index (χ0n) is 14.5. The Balaban J connectivity index is 2.62. The summed E-state index contributed by atoms with van der Waals surface area (Å²) < 4.78 is 15.9. The predicted molar refractivity (Wildman–Crippen MR) is 87.9 cm³/mol. The molecule has 1 N–H and O–H groups in total. The number of carbonyl (C=O) groups excluding carboxylic acids is 2. The topological polar surface area (TPSA) is 77.1 Å². The highest BCUT2D eigenvalue weighted by atomic mass is 16.5. The zero-order valence-corrected chi connectivity index (χ0v) is 14.5. The molecule has 7 nitrogen and oxygen atoms in total. The molecule has 1 aromatic carbocycles. The average Bonchev–Trinajstić information content (AvgIpc) is 2.58. The van der Waals surface area contributed by atoms with Gasteiger partial charge in [0.05, 0.1) is 32.4 Å². The maximum atomic E-state index is 12.5. The van der Waals surface area contributed by atoms with E-state index >= 15 is 0 Å². The van der Waals surface area contributed by atoms with Crippen LogP contribution in [-0.2, 0) is 9.53 Å². The lowest BCUT2D eigenvalue weighted by molar-refractivity contribution is -0.139. The number of rotatable bonds is 5. The third kappa shape index (κ3) is 3.02. The molecule has 0 aliphatic carbocycles. The highest BCUT2D eigenvalue weighted by molar-refractivity contribution is 5.95. The summed E-state index contributed by atoms with van der Waals surface area (Å²) in [5, 5.41) is 2.82. The second-order valence-corrected chi connectivity index (χ2v) is 5.24. The van der Waals surface area contributed by atoms with Crippen LogP contribution in [0.5, 0.6) is 11.5 Å². The highest BCUT2D eigenvalue weighted by Crippen LogP contribution is 2.40. The number of urea groups is 1. The molecule has 1 unspecified atom stereocenters. The molecule has 1 atom stereocenters. The van der Waals surface area contributed by atoms with Crippen LogP contribution >= 0.6 is 0 Å². The van der Waals surface area contributed by atoms with Gasteiger partial charge in [0.25, 0.3) is 0 Å². The number of ether oxygens (including phenoxy) is 3. The molecule has 7 heteroatoms. The Morgan fingerprint density at radius 3 is 2.58 bits per heavy atom. The Labute approximate surface area is 141 Å². The van der Waals surface area contributed by atoms with Crippen LogP contribution in [0.3, 0.4) is 0 Å². The molecule has 0 saturated heterocycles. The number of allylic oxidation sites excluding steroid dienone is 1. The largest absolute Gasteiger partial charge is 0.493 e. The molecular formula is C17H22N2O5. The van der Waals surface area contributed by atoms with Gasteiger partial charge in [-0.15, -0.1) is 0 Å². The third-order valence-electron chi connectivity index (χ3n) is 3.99. The van der Waals surface area contributed by atoms with Crippen LogP contribution in [0.2, 0.25) is 0 Å². The van der Waals surface area contributed by atoms with Gasteiger partial charge in [0.1, 0.15) is 0 Å². The molecule has 1 heterocycles. The quantitative estimate of drug-likeness (QED) is 0.836. The lowest BCUT2D eigenvalue weighted by Gasteiger charge is -2.33. The number of nitrogens with one attached hydrogen (secondary N) is 1. The van der Waals surface area contributed by atoms with Crippen LogP contribution in [-0.4, -0.2) is 44.8 Å². The first-order valence-electron chi connectivity index (χ1n) is 7.59. The summed E-state index contributed by atoms with van der Waals surface area (Å²) in [4.78, 5) is 26.1. The zero-order chi connectivity index (χ0) is 17.9. The van der Waals surface area contributed by atoms with Crippen LogP contribution < -0.4 is 14.8 Å². The number of hydrogen-bond acceptors (Lipinski definition) is 5. The summed E-state index contributed by atoms with van der Waals surface area (Å²) in [6.07, 6.45) is 0. The van der Waals surface area contributed by atoms with E-state index in [9.17, 15) is 9.59 Å². The molecule has 1 aliphatic rings. The van der Waals surface area contributed by atoms with Crippen LogP contribution in [0.4, 0.5) is 4.79 Å². The maximum Gasteiger partial charge on any atom is 0.338 e. The van der Waals surface area contributed by atoms with Crippen LogP contribution in [0.25, 0.3) is 0 Å². The van der Waals surface area contributed by atoms with Crippen molar-refractivity contribution in [3.8, 4) is 11.5 Å². The number of methoxy groups -OCH3 is 2. The van der Waals surface area contributed by atoms with Crippen LogP contribution in [0.15, 0.2) is 29.5 Å². The minimum Gasteiger partial charge on any atom is -0.493 e. The summed E-state index contributed by atoms with van der Waals surface area (Å²) in [6.45, 7) is 3.69. The molecule has 0 spiro atoms. The van der Waals surface area contributed by atoms with E-state index in [1.807, 2.05) is 0 Å². The molecule has 0 aromatic heterocycles. The fourth-order valence-electron chi connectivity index (χ4n) is 2.68. The predicted octanol–water partition coefficient (Wildman–Crippen LogP) is 2.24. The Morgan fingerprint density at radius 1 is 1.29 bits per heavy atom. The molecule has 0 bridgehead atoms. The summed E-state index contributed by atoms with van der Waals surface area (Å²) in [7, 11) is 4.64. The summed E-state index contributed by atoms with van der Waals surface area (Å²) in [5.74, 6) is 0.505. The van der Waals surface area contributed by atoms with E-state index in [1.54, 1.807) is 39.1 Å². The number of amides is 2. The van der Waals surface area contributed by atoms with E-state index in [1.165, 1.54) is 19.1 Å². The fraction of sp³-hybridized carbons (Fsp3) is 0.412. The molecule has 1 aliphatic heterocycles. The molecule has 1 aromatic rings. The smallest absolute Gasteiger partial charge is 0.338 e. The van der Waals surface area contributed by atoms with Gasteiger partial charge < -0.3 is 24.4 Å². The van der Waals surface area contributed by atoms with Crippen LogP contribution in [0, 0.1) is 0 Å². The molecule has 0 saturated carbocycles. The monoisotopic (exact) mass is 334 g/mol. The second-order valence-electron chi connectivity index (χ2n) is 5.24. The number of hydrogen-bond donors (Lipinski definition) is 1. The van der Waals surface area contributed by atoms with Crippen molar-refractivity contribution in [2.75, 3.05) is 27.9 Å². The fourth-order valence-corrected chi connectivity index (χ4v) is 2.68. The van der Waals surface area contributed by atoms with E-state index in [4.69, 9.17) is 14.2 Å². The minimum atomic E-state index is -0.683. The summed E-state index contributed by atoms with van der Waals surface area (Å²) in [5.41, 5.74) is 1.53. The van der Waals surface area contributed by atoms with Gasteiger partial charge in [-0.2, -0.15) is 0 Å². The van der Waals surface area contributed by atoms with Gasteiger partial charge in [0, 0.05) is 18.3 Å². The minimum absolute atomic E-state index is 0.245. The first-order chi connectivity index (χ1) is 11.5. The standard InChI is InChI=1S/C17H22N2O5/c1-6-24-16(20)13-10(2)19(3)17(21)18-14(13)11-8-7-9-12(22-4)15(11)23-5/h7-9,14H,6H2,1-5H3,(H,18,21). The number of esters is 1. The van der Waals surface area contributed by atoms with E-state index in [-0.39, 0.29) is 12.6 Å². The molecule has 2 amide bonds. The van der Waals surface area contributed by atoms with Crippen molar-refractivity contribution >= 4 is 12.0 Å². The lowest BCUT2D eigenvalue weighted by atomic mass is 9.94. The molecule has 2 rings (SSSR count). The van der Waals surface area contributed by atoms with Crippen molar-refractivity contribution in [3.63, 3.8) is 0 Å². The first-order valence-corrected chi connectivity index (χ1v) is 7.59. The van der Waals surface area contributed by atoms with Crippen molar-refractivity contribution in [3.05, 3.63) is 35.0 Å². The van der Waals surface area contributed by atoms with Gasteiger partial charge in [-0.3, -0.25) is 0 Å². The third-order valence-corrected chi connectivity index (χ3v) is 3.99. The van der Waals surface area contributed by atoms with E-state index in [2.05, 4.69) is 5.32 Å². The highest BCUT2D eigenvalue weighted by Gasteiger charge is 2.36. The number of nitrogens with zero attached hydrogens (tertiary/aromatic N) is 1. The van der Waals surface area contributed by atoms with Gasteiger partial charge in [-0.25, -0.2) is 9.59 Å². The van der Waals surface area contributed by atoms with Gasteiger partial charge in [-0.1, -0.05) is 12.1 Å². The van der Waals surface area contributed by atoms with E-state index in [0.29, 0.717) is 28.3 Å². The first kappa shape index (κ1) is 17.7. The van der Waals surface area contributed by atoms with Gasteiger partial charge in [0.15, 0.2) is 11.5 Å². The van der Waals surface area contributed by atoms with Gasteiger partial charge in [0.2, 0.25) is 0 Å².